The van der Waals surface area contributed by atoms with Gasteiger partial charge >= 0.3 is 0 Å². The molecule has 2 heterocycles. The van der Waals surface area contributed by atoms with E-state index in [0.717, 1.165) is 83.6 Å². The number of phenols is 1. The SMILES string of the molecule is [2H]C(C)(C)c1cc(-n2c(-c3cc(C)cc(C)c3O)nc3c(-c4[c-]c(-c5cc(-c6ccc(-c7ccccc7)cc6)ccn5)cc(C(C)(C)C)c4)cccc32)ccc1-c1ccccc1.[Pt]. The summed E-state index contributed by atoms with van der Waals surface area (Å²) >= 11 is 0. The zero-order valence-corrected chi connectivity index (χ0v) is 38.5. The number of fused-ring (bicyclic) bond motifs is 1. The Bertz CT molecular complexity index is 3110. The van der Waals surface area contributed by atoms with Crippen LogP contribution < -0.4 is 0 Å². The van der Waals surface area contributed by atoms with Gasteiger partial charge in [0, 0.05) is 40.0 Å². The Labute approximate surface area is 381 Å². The first-order valence-electron chi connectivity index (χ1n) is 21.5. The molecule has 0 spiro atoms. The molecule has 310 valence electrons. The predicted octanol–water partition coefficient (Wildman–Crippen LogP) is 15.0. The smallest absolute Gasteiger partial charge is 0.148 e. The molecule has 0 atom stereocenters. The van der Waals surface area contributed by atoms with E-state index in [4.69, 9.17) is 9.97 Å². The van der Waals surface area contributed by atoms with Crippen molar-refractivity contribution < 1.29 is 27.5 Å². The summed E-state index contributed by atoms with van der Waals surface area (Å²) in [4.78, 5) is 10.4. The molecule has 0 bridgehead atoms. The van der Waals surface area contributed by atoms with Gasteiger partial charge in [-0.25, -0.2) is 4.98 Å². The van der Waals surface area contributed by atoms with Gasteiger partial charge in [0.15, 0.2) is 0 Å². The average Bonchev–Trinajstić information content (AvgIpc) is 3.67. The molecule has 0 aliphatic rings. The van der Waals surface area contributed by atoms with Gasteiger partial charge in [0.05, 0.1) is 16.6 Å². The Morgan fingerprint density at radius 2 is 1.27 bits per heavy atom. The molecule has 0 unspecified atom stereocenters. The molecule has 0 saturated heterocycles. The quantitative estimate of drug-likeness (QED) is 0.154. The number of imidazole rings is 1. The Balaban J connectivity index is 0.00000544. The minimum atomic E-state index is -0.902. The average molecular weight is 989 g/mol. The number of para-hydroxylation sites is 1. The molecule has 0 radical (unpaired) electrons. The van der Waals surface area contributed by atoms with Crippen molar-refractivity contribution in [2.45, 2.75) is 59.8 Å². The fourth-order valence-corrected chi connectivity index (χ4v) is 8.37. The number of aromatic nitrogens is 3. The first-order chi connectivity index (χ1) is 29.7. The van der Waals surface area contributed by atoms with Crippen LogP contribution in [0.1, 0.15) is 64.1 Å². The number of hydrogen-bond donors (Lipinski definition) is 1. The van der Waals surface area contributed by atoms with Crippen LogP contribution in [0.25, 0.3) is 83.9 Å². The number of aromatic hydroxyl groups is 1. The van der Waals surface area contributed by atoms with Gasteiger partial charge in [-0.1, -0.05) is 161 Å². The van der Waals surface area contributed by atoms with E-state index >= 15 is 0 Å². The van der Waals surface area contributed by atoms with Crippen molar-refractivity contribution in [3.63, 3.8) is 0 Å². The summed E-state index contributed by atoms with van der Waals surface area (Å²) in [6, 6.07) is 58.5. The fraction of sp³-hybridized carbons (Fsp3) is 0.158. The van der Waals surface area contributed by atoms with Crippen molar-refractivity contribution in [1.29, 1.82) is 0 Å². The third-order valence-corrected chi connectivity index (χ3v) is 11.6. The molecule has 0 fully saturated rings. The molecule has 0 saturated carbocycles. The third kappa shape index (κ3) is 8.20. The van der Waals surface area contributed by atoms with Crippen LogP contribution in [-0.2, 0) is 26.5 Å². The van der Waals surface area contributed by atoms with Crippen molar-refractivity contribution >= 4 is 11.0 Å². The number of hydrogen-bond acceptors (Lipinski definition) is 3. The standard InChI is InChI=1S/C57H50N3O.Pt/c1-36(2)50-35-47(25-26-48(50)42-17-12-9-13-18-42)60-53-20-14-19-49(54(53)59-56(60)51-30-37(3)29-38(4)55(51)61)44-31-45(33-46(32-44)57(5,6)7)52-34-43(27-28-58-52)41-23-21-40(22-24-41)39-15-10-8-11-16-39;/h8-30,32-36,61H,1-7H3;/q-1;/i36D;. The summed E-state index contributed by atoms with van der Waals surface area (Å²) in [6.45, 7) is 14.5. The van der Waals surface area contributed by atoms with E-state index in [0.29, 0.717) is 11.4 Å². The second-order valence-corrected chi connectivity index (χ2v) is 17.3. The number of benzene rings is 7. The monoisotopic (exact) mass is 988 g/mol. The van der Waals surface area contributed by atoms with Gasteiger partial charge in [-0.05, 0) is 106 Å². The van der Waals surface area contributed by atoms with Gasteiger partial charge in [-0.15, -0.1) is 29.3 Å². The molecule has 5 heteroatoms. The van der Waals surface area contributed by atoms with Crippen LogP contribution in [0.5, 0.6) is 5.75 Å². The number of pyridine rings is 1. The summed E-state index contributed by atoms with van der Waals surface area (Å²) in [7, 11) is 0. The molecule has 4 nitrogen and oxygen atoms in total. The van der Waals surface area contributed by atoms with E-state index in [1.54, 1.807) is 0 Å². The van der Waals surface area contributed by atoms with Gasteiger partial charge in [0.25, 0.3) is 0 Å². The van der Waals surface area contributed by atoms with Crippen molar-refractivity contribution in [2.24, 2.45) is 0 Å². The molecule has 2 aromatic heterocycles. The van der Waals surface area contributed by atoms with E-state index in [1.807, 2.05) is 70.3 Å². The molecule has 0 amide bonds. The number of nitrogens with zero attached hydrogens (tertiary/aromatic N) is 3. The minimum Gasteiger partial charge on any atom is -0.507 e. The summed E-state index contributed by atoms with van der Waals surface area (Å²) < 4.78 is 11.4. The van der Waals surface area contributed by atoms with E-state index < -0.39 is 5.89 Å². The Hall–Kier alpha value is -6.35. The minimum absolute atomic E-state index is 0. The van der Waals surface area contributed by atoms with Crippen molar-refractivity contribution in [1.82, 2.24) is 14.5 Å². The molecule has 1 N–H and O–H groups in total. The Kier molecular flexibility index (Phi) is 11.4. The van der Waals surface area contributed by atoms with Gasteiger partial charge in [-0.3, -0.25) is 9.55 Å². The van der Waals surface area contributed by atoms with Crippen LogP contribution in [0.15, 0.2) is 164 Å². The second kappa shape index (κ2) is 17.2. The van der Waals surface area contributed by atoms with Gasteiger partial charge < -0.3 is 5.11 Å². The van der Waals surface area contributed by atoms with Crippen LogP contribution in [0, 0.1) is 19.9 Å². The largest absolute Gasteiger partial charge is 0.507 e. The molecule has 9 aromatic rings. The molecule has 9 rings (SSSR count). The first-order valence-corrected chi connectivity index (χ1v) is 21.0. The maximum absolute atomic E-state index is 11.7. The van der Waals surface area contributed by atoms with Crippen LogP contribution in [0.4, 0.5) is 0 Å². The van der Waals surface area contributed by atoms with E-state index in [-0.39, 0.29) is 32.2 Å². The van der Waals surface area contributed by atoms with Gasteiger partial charge in [0.2, 0.25) is 0 Å². The number of phenolic OH excluding ortho intramolecular Hbond substituents is 1. The van der Waals surface area contributed by atoms with Crippen molar-refractivity contribution in [3.05, 3.63) is 192 Å². The van der Waals surface area contributed by atoms with E-state index in [2.05, 4.69) is 153 Å². The molecule has 62 heavy (non-hydrogen) atoms. The van der Waals surface area contributed by atoms with Crippen LogP contribution >= 0.6 is 0 Å². The van der Waals surface area contributed by atoms with Gasteiger partial charge in [0.1, 0.15) is 11.6 Å². The number of aryl methyl sites for hydroxylation is 2. The third-order valence-electron chi connectivity index (χ3n) is 11.6. The summed E-state index contributed by atoms with van der Waals surface area (Å²) in [6.07, 6.45) is 1.88. The molecule has 7 aromatic carbocycles. The van der Waals surface area contributed by atoms with Crippen LogP contribution in [0.2, 0.25) is 0 Å². The molecule has 0 aliphatic heterocycles. The predicted molar refractivity (Wildman–Crippen MR) is 254 cm³/mol. The van der Waals surface area contributed by atoms with Crippen molar-refractivity contribution in [2.75, 3.05) is 0 Å². The van der Waals surface area contributed by atoms with Crippen LogP contribution in [0.3, 0.4) is 0 Å². The fourth-order valence-electron chi connectivity index (χ4n) is 8.37. The second-order valence-electron chi connectivity index (χ2n) is 17.3. The Morgan fingerprint density at radius 1 is 0.629 bits per heavy atom. The summed E-state index contributed by atoms with van der Waals surface area (Å²) in [5, 5.41) is 11.7. The first kappa shape index (κ1) is 41.0. The molecular formula is C57H50N3OPt-. The van der Waals surface area contributed by atoms with Gasteiger partial charge in [-0.2, -0.15) is 0 Å². The summed E-state index contributed by atoms with van der Waals surface area (Å²) in [5.41, 5.74) is 17.1. The van der Waals surface area contributed by atoms with E-state index in [1.165, 1.54) is 11.1 Å². The number of rotatable bonds is 8. The zero-order chi connectivity index (χ0) is 43.3. The maximum atomic E-state index is 11.7. The van der Waals surface area contributed by atoms with Crippen LogP contribution in [-0.4, -0.2) is 19.6 Å². The normalized spacial score (nSPS) is 12.0. The zero-order valence-electron chi connectivity index (χ0n) is 37.2. The molecule has 0 aliphatic carbocycles. The topological polar surface area (TPSA) is 50.9 Å². The van der Waals surface area contributed by atoms with Crippen molar-refractivity contribution in [3.8, 4) is 78.6 Å². The summed E-state index contributed by atoms with van der Waals surface area (Å²) in [5.74, 6) is -0.0848. The van der Waals surface area contributed by atoms with E-state index in [9.17, 15) is 6.48 Å². The maximum Gasteiger partial charge on any atom is 0.148 e. The molecular weight excluding hydrogens is 938 g/mol. The Morgan fingerprint density at radius 3 is 1.95 bits per heavy atom.